The molecule has 1 amide bonds. The largest absolute Gasteiger partial charge is 0.340 e. The van der Waals surface area contributed by atoms with Gasteiger partial charge in [0.2, 0.25) is 5.91 Å². The molecule has 0 aromatic heterocycles. The smallest absolute Gasteiger partial charge is 0.224 e. The second kappa shape index (κ2) is 8.32. The van der Waals surface area contributed by atoms with E-state index in [1.165, 1.54) is 24.8 Å². The van der Waals surface area contributed by atoms with Crippen molar-refractivity contribution < 1.29 is 4.79 Å². The highest BCUT2D eigenvalue weighted by molar-refractivity contribution is 6.30. The van der Waals surface area contributed by atoms with Crippen molar-refractivity contribution in [1.29, 1.82) is 0 Å². The summed E-state index contributed by atoms with van der Waals surface area (Å²) in [7, 11) is 2.15. The second-order valence-corrected chi connectivity index (χ2v) is 7.55. The van der Waals surface area contributed by atoms with Crippen LogP contribution in [0.3, 0.4) is 0 Å². The Kier molecular flexibility index (Phi) is 6.14. The molecule has 0 radical (unpaired) electrons. The first-order valence-electron chi connectivity index (χ1n) is 9.06. The van der Waals surface area contributed by atoms with Crippen LogP contribution in [-0.2, 0) is 11.3 Å². The summed E-state index contributed by atoms with van der Waals surface area (Å²) in [6.07, 6.45) is 4.38. The third-order valence-electron chi connectivity index (χ3n) is 5.38. The number of nitrogens with zero attached hydrogens (tertiary/aromatic N) is 3. The molecular weight excluding hydrogens is 322 g/mol. The molecule has 132 valence electrons. The SMILES string of the molecule is CN1CCCCC1CC(=O)N1CCN(Cc2ccc(Cl)cc2)CC1. The minimum absolute atomic E-state index is 0.333. The number of likely N-dealkylation sites (tertiary alicyclic amines) is 1. The van der Waals surface area contributed by atoms with Crippen molar-refractivity contribution in [2.24, 2.45) is 0 Å². The fourth-order valence-corrected chi connectivity index (χ4v) is 3.86. The molecule has 2 heterocycles. The van der Waals surface area contributed by atoms with Gasteiger partial charge in [-0.2, -0.15) is 0 Å². The van der Waals surface area contributed by atoms with Gasteiger partial charge in [0.25, 0.3) is 0 Å². The molecule has 24 heavy (non-hydrogen) atoms. The molecule has 0 N–H and O–H groups in total. The fourth-order valence-electron chi connectivity index (χ4n) is 3.74. The van der Waals surface area contributed by atoms with Crippen LogP contribution in [0.5, 0.6) is 0 Å². The van der Waals surface area contributed by atoms with Crippen molar-refractivity contribution in [1.82, 2.24) is 14.7 Å². The van der Waals surface area contributed by atoms with Gasteiger partial charge in [-0.3, -0.25) is 9.69 Å². The average molecular weight is 350 g/mol. The first-order valence-corrected chi connectivity index (χ1v) is 9.44. The summed E-state index contributed by atoms with van der Waals surface area (Å²) < 4.78 is 0. The second-order valence-electron chi connectivity index (χ2n) is 7.12. The van der Waals surface area contributed by atoms with E-state index in [-0.39, 0.29) is 0 Å². The van der Waals surface area contributed by atoms with Crippen molar-refractivity contribution in [3.05, 3.63) is 34.9 Å². The van der Waals surface area contributed by atoms with Crippen LogP contribution in [-0.4, -0.2) is 66.4 Å². The maximum absolute atomic E-state index is 12.6. The predicted octanol–water partition coefficient (Wildman–Crippen LogP) is 2.86. The number of hydrogen-bond donors (Lipinski definition) is 0. The van der Waals surface area contributed by atoms with Gasteiger partial charge in [-0.05, 0) is 44.1 Å². The molecular formula is C19H28ClN3O. The Hall–Kier alpha value is -1.10. The molecule has 3 rings (SSSR count). The summed E-state index contributed by atoms with van der Waals surface area (Å²) in [5.41, 5.74) is 1.28. The first kappa shape index (κ1) is 17.7. The fraction of sp³-hybridized carbons (Fsp3) is 0.632. The molecule has 2 aliphatic heterocycles. The molecule has 0 bridgehead atoms. The number of carbonyl (C=O) groups is 1. The summed E-state index contributed by atoms with van der Waals surface area (Å²) in [6, 6.07) is 8.49. The first-order chi connectivity index (χ1) is 11.6. The monoisotopic (exact) mass is 349 g/mol. The Balaban J connectivity index is 1.44. The summed E-state index contributed by atoms with van der Waals surface area (Å²) in [5.74, 6) is 0.333. The summed E-state index contributed by atoms with van der Waals surface area (Å²) in [5, 5.41) is 0.779. The number of hydrogen-bond acceptors (Lipinski definition) is 3. The number of benzene rings is 1. The van der Waals surface area contributed by atoms with Gasteiger partial charge in [-0.1, -0.05) is 30.2 Å². The number of halogens is 1. The number of piperazine rings is 1. The van der Waals surface area contributed by atoms with E-state index in [2.05, 4.69) is 33.9 Å². The normalized spacial score (nSPS) is 23.4. The summed E-state index contributed by atoms with van der Waals surface area (Å²) >= 11 is 5.94. The van der Waals surface area contributed by atoms with Crippen LogP contribution in [0.15, 0.2) is 24.3 Å². The van der Waals surface area contributed by atoms with Crippen molar-refractivity contribution >= 4 is 17.5 Å². The van der Waals surface area contributed by atoms with Crippen LogP contribution in [0.1, 0.15) is 31.2 Å². The molecule has 0 spiro atoms. The maximum atomic E-state index is 12.6. The van der Waals surface area contributed by atoms with Crippen LogP contribution >= 0.6 is 11.6 Å². The zero-order valence-electron chi connectivity index (χ0n) is 14.6. The van der Waals surface area contributed by atoms with E-state index in [0.717, 1.165) is 44.3 Å². The minimum Gasteiger partial charge on any atom is -0.340 e. The number of piperidine rings is 1. The molecule has 1 unspecified atom stereocenters. The van der Waals surface area contributed by atoms with Crippen LogP contribution in [0.25, 0.3) is 0 Å². The molecule has 0 aliphatic carbocycles. The number of rotatable bonds is 4. The lowest BCUT2D eigenvalue weighted by molar-refractivity contribution is -0.134. The van der Waals surface area contributed by atoms with Crippen molar-refractivity contribution in [3.8, 4) is 0 Å². The predicted molar refractivity (Wildman–Crippen MR) is 98.2 cm³/mol. The third-order valence-corrected chi connectivity index (χ3v) is 5.63. The van der Waals surface area contributed by atoms with Crippen LogP contribution in [0.4, 0.5) is 0 Å². The van der Waals surface area contributed by atoms with Crippen molar-refractivity contribution in [2.45, 2.75) is 38.3 Å². The summed E-state index contributed by atoms with van der Waals surface area (Å²) in [4.78, 5) is 19.4. The molecule has 2 fully saturated rings. The lowest BCUT2D eigenvalue weighted by atomic mass is 9.99. The Morgan fingerprint density at radius 2 is 1.79 bits per heavy atom. The lowest BCUT2D eigenvalue weighted by Crippen LogP contribution is -2.50. The molecule has 1 atom stereocenters. The topological polar surface area (TPSA) is 26.8 Å². The minimum atomic E-state index is 0.333. The van der Waals surface area contributed by atoms with Gasteiger partial charge in [0.1, 0.15) is 0 Å². The van der Waals surface area contributed by atoms with E-state index >= 15 is 0 Å². The maximum Gasteiger partial charge on any atom is 0.224 e. The van der Waals surface area contributed by atoms with E-state index in [4.69, 9.17) is 11.6 Å². The van der Waals surface area contributed by atoms with Gasteiger partial charge in [-0.25, -0.2) is 0 Å². The van der Waals surface area contributed by atoms with Crippen molar-refractivity contribution in [3.63, 3.8) is 0 Å². The van der Waals surface area contributed by atoms with Gasteiger partial charge in [-0.15, -0.1) is 0 Å². The molecule has 2 saturated heterocycles. The van der Waals surface area contributed by atoms with Crippen LogP contribution < -0.4 is 0 Å². The molecule has 2 aliphatic rings. The average Bonchev–Trinajstić information content (AvgIpc) is 2.59. The highest BCUT2D eigenvalue weighted by Gasteiger charge is 2.26. The zero-order chi connectivity index (χ0) is 16.9. The van der Waals surface area contributed by atoms with Gasteiger partial charge in [0.15, 0.2) is 0 Å². The highest BCUT2D eigenvalue weighted by atomic mass is 35.5. The number of carbonyl (C=O) groups excluding carboxylic acids is 1. The molecule has 1 aromatic carbocycles. The van der Waals surface area contributed by atoms with Gasteiger partial charge in [0.05, 0.1) is 0 Å². The highest BCUT2D eigenvalue weighted by Crippen LogP contribution is 2.19. The van der Waals surface area contributed by atoms with Crippen LogP contribution in [0, 0.1) is 0 Å². The van der Waals surface area contributed by atoms with Crippen molar-refractivity contribution in [2.75, 3.05) is 39.8 Å². The third kappa shape index (κ3) is 4.71. The molecule has 0 saturated carbocycles. The summed E-state index contributed by atoms with van der Waals surface area (Å²) in [6.45, 7) is 5.67. The Labute approximate surface area is 150 Å². The van der Waals surface area contributed by atoms with E-state index in [9.17, 15) is 4.79 Å². The number of amides is 1. The standard InChI is InChI=1S/C19H28ClN3O/c1-21-9-3-2-4-18(21)14-19(24)23-12-10-22(11-13-23)15-16-5-7-17(20)8-6-16/h5-8,18H,2-4,9-15H2,1H3. The Morgan fingerprint density at radius 3 is 2.46 bits per heavy atom. The molecule has 1 aromatic rings. The zero-order valence-corrected chi connectivity index (χ0v) is 15.3. The molecule has 5 heteroatoms. The van der Waals surface area contributed by atoms with E-state index < -0.39 is 0 Å². The van der Waals surface area contributed by atoms with Gasteiger partial charge in [0, 0.05) is 50.2 Å². The quantitative estimate of drug-likeness (QED) is 0.836. The Bertz CT molecular complexity index is 540. The van der Waals surface area contributed by atoms with E-state index in [1.54, 1.807) is 0 Å². The Morgan fingerprint density at radius 1 is 1.08 bits per heavy atom. The van der Waals surface area contributed by atoms with Crippen LogP contribution in [0.2, 0.25) is 5.02 Å². The lowest BCUT2D eigenvalue weighted by Gasteiger charge is -2.37. The van der Waals surface area contributed by atoms with Gasteiger partial charge >= 0.3 is 0 Å². The molecule has 4 nitrogen and oxygen atoms in total. The van der Waals surface area contributed by atoms with Gasteiger partial charge < -0.3 is 9.80 Å². The van der Waals surface area contributed by atoms with E-state index in [1.807, 2.05) is 12.1 Å². The van der Waals surface area contributed by atoms with E-state index in [0.29, 0.717) is 18.4 Å².